The largest absolute Gasteiger partial charge is 0.355 e. The van der Waals surface area contributed by atoms with E-state index in [1.54, 1.807) is 0 Å². The number of nitrogens with one attached hydrogen (secondary N) is 1. The van der Waals surface area contributed by atoms with E-state index in [9.17, 15) is 0 Å². The van der Waals surface area contributed by atoms with E-state index in [1.165, 1.54) is 32.1 Å². The Balaban J connectivity index is 1.55. The molecule has 1 N–H and O–H groups in total. The molecule has 3 rings (SSSR count). The van der Waals surface area contributed by atoms with Crippen LogP contribution >= 0.6 is 0 Å². The van der Waals surface area contributed by atoms with Gasteiger partial charge in [0.1, 0.15) is 0 Å². The molecule has 2 saturated carbocycles. The van der Waals surface area contributed by atoms with Crippen molar-refractivity contribution in [3.05, 3.63) is 12.4 Å². The second-order valence-corrected chi connectivity index (χ2v) is 5.76. The highest BCUT2D eigenvalue weighted by molar-refractivity contribution is 5.26. The average Bonchev–Trinajstić information content (AvgIpc) is 3.02. The van der Waals surface area contributed by atoms with Crippen molar-refractivity contribution >= 4 is 5.95 Å². The zero-order chi connectivity index (χ0) is 11.7. The molecule has 0 saturated heterocycles. The van der Waals surface area contributed by atoms with Crippen molar-refractivity contribution in [2.75, 3.05) is 11.9 Å². The zero-order valence-corrected chi connectivity index (χ0v) is 10.7. The van der Waals surface area contributed by atoms with E-state index in [-0.39, 0.29) is 0 Å². The van der Waals surface area contributed by atoms with Gasteiger partial charge in [-0.2, -0.15) is 0 Å². The molecule has 3 unspecified atom stereocenters. The van der Waals surface area contributed by atoms with E-state index in [0.717, 1.165) is 36.8 Å². The minimum atomic E-state index is 0.903. The maximum Gasteiger partial charge on any atom is 0.202 e. The summed E-state index contributed by atoms with van der Waals surface area (Å²) in [5.74, 6) is 4.01. The quantitative estimate of drug-likeness (QED) is 0.846. The lowest BCUT2D eigenvalue weighted by atomic mass is 9.89. The second kappa shape index (κ2) is 4.71. The Morgan fingerprint density at radius 2 is 2.35 bits per heavy atom. The van der Waals surface area contributed by atoms with Gasteiger partial charge in [0.15, 0.2) is 0 Å². The molecule has 0 radical (unpaired) electrons. The zero-order valence-electron chi connectivity index (χ0n) is 10.7. The van der Waals surface area contributed by atoms with Crippen LogP contribution in [0.25, 0.3) is 0 Å². The summed E-state index contributed by atoms with van der Waals surface area (Å²) in [7, 11) is 0. The molecule has 94 valence electrons. The van der Waals surface area contributed by atoms with Gasteiger partial charge in [-0.15, -0.1) is 0 Å². The second-order valence-electron chi connectivity index (χ2n) is 5.76. The van der Waals surface area contributed by atoms with Gasteiger partial charge in [-0.3, -0.25) is 0 Å². The Labute approximate surface area is 104 Å². The number of anilines is 1. The molecule has 3 nitrogen and oxygen atoms in total. The third kappa shape index (κ3) is 2.20. The van der Waals surface area contributed by atoms with Gasteiger partial charge in [0.05, 0.1) is 0 Å². The van der Waals surface area contributed by atoms with Crippen molar-refractivity contribution < 1.29 is 0 Å². The number of fused-ring (bicyclic) bond motifs is 2. The van der Waals surface area contributed by atoms with E-state index >= 15 is 0 Å². The predicted octanol–water partition coefficient (Wildman–Crippen LogP) is 3.14. The maximum absolute atomic E-state index is 4.41. The van der Waals surface area contributed by atoms with Crippen molar-refractivity contribution in [1.29, 1.82) is 0 Å². The normalized spacial score (nSPS) is 31.0. The van der Waals surface area contributed by atoms with Crippen molar-refractivity contribution in [2.45, 2.75) is 45.6 Å². The van der Waals surface area contributed by atoms with Gasteiger partial charge in [-0.1, -0.05) is 13.3 Å². The van der Waals surface area contributed by atoms with Crippen LogP contribution in [-0.2, 0) is 6.54 Å². The van der Waals surface area contributed by atoms with Gasteiger partial charge >= 0.3 is 0 Å². The Morgan fingerprint density at radius 3 is 3.06 bits per heavy atom. The van der Waals surface area contributed by atoms with Gasteiger partial charge in [-0.25, -0.2) is 4.98 Å². The number of hydrogen-bond acceptors (Lipinski definition) is 2. The molecule has 0 spiro atoms. The van der Waals surface area contributed by atoms with Gasteiger partial charge < -0.3 is 9.88 Å². The summed E-state index contributed by atoms with van der Waals surface area (Å²) in [5, 5.41) is 3.56. The number of aromatic nitrogens is 2. The number of aryl methyl sites for hydroxylation is 1. The first-order chi connectivity index (χ1) is 8.36. The fourth-order valence-corrected chi connectivity index (χ4v) is 3.75. The number of imidazole rings is 1. The molecule has 1 aromatic heterocycles. The number of hydrogen-bond donors (Lipinski definition) is 1. The monoisotopic (exact) mass is 233 g/mol. The van der Waals surface area contributed by atoms with E-state index in [4.69, 9.17) is 0 Å². The Hall–Kier alpha value is -0.990. The van der Waals surface area contributed by atoms with Crippen LogP contribution in [-0.4, -0.2) is 16.1 Å². The Morgan fingerprint density at radius 1 is 1.41 bits per heavy atom. The van der Waals surface area contributed by atoms with Crippen molar-refractivity contribution in [3.63, 3.8) is 0 Å². The van der Waals surface area contributed by atoms with E-state index in [0.29, 0.717) is 0 Å². The van der Waals surface area contributed by atoms with Crippen LogP contribution in [0, 0.1) is 17.8 Å². The molecule has 3 heteroatoms. The molecular weight excluding hydrogens is 210 g/mol. The van der Waals surface area contributed by atoms with Crippen molar-refractivity contribution in [2.24, 2.45) is 17.8 Å². The molecule has 2 aliphatic rings. The van der Waals surface area contributed by atoms with Crippen LogP contribution in [0.3, 0.4) is 0 Å². The molecule has 3 atom stereocenters. The number of rotatable bonds is 5. The summed E-state index contributed by atoms with van der Waals surface area (Å²) in [4.78, 5) is 4.41. The van der Waals surface area contributed by atoms with Crippen LogP contribution in [0.1, 0.15) is 39.0 Å². The molecule has 0 aromatic carbocycles. The first-order valence-corrected chi connectivity index (χ1v) is 7.11. The highest BCUT2D eigenvalue weighted by Gasteiger charge is 2.39. The molecule has 0 aliphatic heterocycles. The molecular formula is C14H23N3. The summed E-state index contributed by atoms with van der Waals surface area (Å²) < 4.78 is 2.23. The number of nitrogens with zero attached hydrogens (tertiary/aromatic N) is 2. The molecule has 2 bridgehead atoms. The van der Waals surface area contributed by atoms with Crippen LogP contribution < -0.4 is 5.32 Å². The van der Waals surface area contributed by atoms with Crippen LogP contribution in [0.5, 0.6) is 0 Å². The summed E-state index contributed by atoms with van der Waals surface area (Å²) in [6, 6.07) is 0. The highest BCUT2D eigenvalue weighted by Crippen LogP contribution is 2.48. The third-order valence-electron chi connectivity index (χ3n) is 4.59. The van der Waals surface area contributed by atoms with Crippen molar-refractivity contribution in [1.82, 2.24) is 9.55 Å². The lowest BCUT2D eigenvalue weighted by molar-refractivity contribution is 0.347. The topological polar surface area (TPSA) is 29.9 Å². The first kappa shape index (κ1) is 11.1. The molecule has 1 aromatic rings. The molecule has 2 fully saturated rings. The van der Waals surface area contributed by atoms with Gasteiger partial charge in [0, 0.05) is 25.5 Å². The Kier molecular flexibility index (Phi) is 3.08. The fraction of sp³-hybridized carbons (Fsp3) is 0.786. The average molecular weight is 233 g/mol. The highest BCUT2D eigenvalue weighted by atomic mass is 15.2. The first-order valence-electron chi connectivity index (χ1n) is 7.11. The molecule has 1 heterocycles. The van der Waals surface area contributed by atoms with Gasteiger partial charge in [0.2, 0.25) is 5.95 Å². The minimum Gasteiger partial charge on any atom is -0.355 e. The van der Waals surface area contributed by atoms with Gasteiger partial charge in [-0.05, 0) is 43.4 Å². The standard InChI is InChI=1S/C14H23N3/c1-2-6-17-7-5-15-14(17)16-10-13-9-11-3-4-12(13)8-11/h5,7,11-13H,2-4,6,8-10H2,1H3,(H,15,16). The molecule has 17 heavy (non-hydrogen) atoms. The van der Waals surface area contributed by atoms with Crippen LogP contribution in [0.4, 0.5) is 5.95 Å². The summed E-state index contributed by atoms with van der Waals surface area (Å²) in [6.45, 7) is 4.40. The fourth-order valence-electron chi connectivity index (χ4n) is 3.75. The lowest BCUT2D eigenvalue weighted by Crippen LogP contribution is -2.21. The predicted molar refractivity (Wildman–Crippen MR) is 69.9 cm³/mol. The van der Waals surface area contributed by atoms with E-state index < -0.39 is 0 Å². The summed E-state index contributed by atoms with van der Waals surface area (Å²) in [6.07, 6.45) is 11.1. The maximum atomic E-state index is 4.41. The summed E-state index contributed by atoms with van der Waals surface area (Å²) in [5.41, 5.74) is 0. The van der Waals surface area contributed by atoms with E-state index in [1.807, 2.05) is 6.20 Å². The summed E-state index contributed by atoms with van der Waals surface area (Å²) >= 11 is 0. The Bertz CT molecular complexity index is 371. The smallest absolute Gasteiger partial charge is 0.202 e. The van der Waals surface area contributed by atoms with Crippen LogP contribution in [0.15, 0.2) is 12.4 Å². The minimum absolute atomic E-state index is 0.903. The van der Waals surface area contributed by atoms with Gasteiger partial charge in [0.25, 0.3) is 0 Å². The lowest BCUT2D eigenvalue weighted by Gasteiger charge is -2.22. The van der Waals surface area contributed by atoms with E-state index in [2.05, 4.69) is 28.0 Å². The molecule has 2 aliphatic carbocycles. The molecule has 0 amide bonds. The SMILES string of the molecule is CCCn1ccnc1NCC1CC2CCC1C2. The third-order valence-corrected chi connectivity index (χ3v) is 4.59. The van der Waals surface area contributed by atoms with Crippen molar-refractivity contribution in [3.8, 4) is 0 Å². The van der Waals surface area contributed by atoms with Crippen LogP contribution in [0.2, 0.25) is 0 Å².